The molecule has 1 aromatic heterocycles. The molecule has 0 aliphatic carbocycles. The molecular weight excluding hydrogens is 258 g/mol. The Kier molecular flexibility index (Phi) is 3.21. The lowest BCUT2D eigenvalue weighted by Gasteiger charge is -1.95. The van der Waals surface area contributed by atoms with Gasteiger partial charge in [0.05, 0.1) is 0 Å². The predicted octanol–water partition coefficient (Wildman–Crippen LogP) is 3.77. The van der Waals surface area contributed by atoms with Crippen LogP contribution in [0.15, 0.2) is 28.7 Å². The van der Waals surface area contributed by atoms with E-state index in [2.05, 4.69) is 52.4 Å². The van der Waals surface area contributed by atoms with Crippen LogP contribution in [0.1, 0.15) is 11.8 Å². The second kappa shape index (κ2) is 4.43. The molecule has 0 saturated carbocycles. The monoisotopic (exact) mass is 269 g/mol. The fourth-order valence-electron chi connectivity index (χ4n) is 1.41. The summed E-state index contributed by atoms with van der Waals surface area (Å²) >= 11 is 5.42. The molecule has 0 saturated heterocycles. The van der Waals surface area contributed by atoms with Crippen molar-refractivity contribution in [3.05, 3.63) is 33.6 Å². The Morgan fingerprint density at radius 3 is 3.00 bits per heavy atom. The van der Waals surface area contributed by atoms with Gasteiger partial charge in [0.1, 0.15) is 0 Å². The minimum absolute atomic E-state index is 0.974. The Morgan fingerprint density at radius 1 is 1.43 bits per heavy atom. The second-order valence-corrected chi connectivity index (χ2v) is 5.17. The van der Waals surface area contributed by atoms with Gasteiger partial charge in [-0.1, -0.05) is 28.9 Å². The maximum Gasteiger partial charge on any atom is 0.0357 e. The van der Waals surface area contributed by atoms with E-state index < -0.39 is 0 Å². The van der Waals surface area contributed by atoms with Crippen molar-refractivity contribution in [2.24, 2.45) is 0 Å². The van der Waals surface area contributed by atoms with Crippen molar-refractivity contribution in [1.82, 2.24) is 5.32 Å². The van der Waals surface area contributed by atoms with Gasteiger partial charge >= 0.3 is 0 Å². The molecule has 0 aliphatic heterocycles. The van der Waals surface area contributed by atoms with Gasteiger partial charge in [-0.25, -0.2) is 0 Å². The molecule has 74 valence electrons. The second-order valence-electron chi connectivity index (χ2n) is 3.14. The summed E-state index contributed by atoms with van der Waals surface area (Å²) in [6.07, 6.45) is 0. The quantitative estimate of drug-likeness (QED) is 0.895. The van der Waals surface area contributed by atoms with Gasteiger partial charge in [-0.05, 0) is 24.7 Å². The maximum atomic E-state index is 3.56. The van der Waals surface area contributed by atoms with Crippen molar-refractivity contribution >= 4 is 37.4 Å². The van der Waals surface area contributed by atoms with Gasteiger partial charge in [0.25, 0.3) is 0 Å². The number of rotatable bonds is 3. The smallest absolute Gasteiger partial charge is 0.0357 e. The molecule has 1 heterocycles. The number of nitrogens with one attached hydrogen (secondary N) is 1. The summed E-state index contributed by atoms with van der Waals surface area (Å²) in [5, 5.41) is 4.66. The predicted molar refractivity (Wildman–Crippen MR) is 66.9 cm³/mol. The summed E-state index contributed by atoms with van der Waals surface area (Å²) in [4.78, 5) is 1.40. The largest absolute Gasteiger partial charge is 0.312 e. The standard InChI is InChI=1S/C11H12BrNS/c1-2-13-7-8-6-9-10(12)4-3-5-11(9)14-8/h3-6,13H,2,7H2,1H3. The van der Waals surface area contributed by atoms with Crippen LogP contribution in [0.25, 0.3) is 10.1 Å². The SMILES string of the molecule is CCNCc1cc2c(Br)cccc2s1. The number of thiophene rings is 1. The summed E-state index contributed by atoms with van der Waals surface area (Å²) in [5.74, 6) is 0. The average Bonchev–Trinajstić information content (AvgIpc) is 2.59. The van der Waals surface area contributed by atoms with E-state index in [-0.39, 0.29) is 0 Å². The van der Waals surface area contributed by atoms with Crippen molar-refractivity contribution in [3.8, 4) is 0 Å². The Labute approximate surface area is 96.3 Å². The van der Waals surface area contributed by atoms with Gasteiger partial charge in [-0.3, -0.25) is 0 Å². The van der Waals surface area contributed by atoms with Crippen molar-refractivity contribution in [2.45, 2.75) is 13.5 Å². The van der Waals surface area contributed by atoms with E-state index >= 15 is 0 Å². The van der Waals surface area contributed by atoms with E-state index in [1.165, 1.54) is 19.4 Å². The van der Waals surface area contributed by atoms with Gasteiger partial charge in [-0.15, -0.1) is 11.3 Å². The van der Waals surface area contributed by atoms with Gasteiger partial charge in [0, 0.05) is 26.0 Å². The van der Waals surface area contributed by atoms with Crippen molar-refractivity contribution < 1.29 is 0 Å². The summed E-state index contributed by atoms with van der Waals surface area (Å²) < 4.78 is 2.54. The molecule has 0 radical (unpaired) electrons. The van der Waals surface area contributed by atoms with Crippen LogP contribution in [-0.4, -0.2) is 6.54 Å². The van der Waals surface area contributed by atoms with Gasteiger partial charge < -0.3 is 5.32 Å². The number of benzene rings is 1. The lowest BCUT2D eigenvalue weighted by atomic mass is 10.2. The van der Waals surface area contributed by atoms with E-state index in [0.29, 0.717) is 0 Å². The minimum atomic E-state index is 0.974. The molecule has 0 unspecified atom stereocenters. The van der Waals surface area contributed by atoms with Crippen molar-refractivity contribution in [3.63, 3.8) is 0 Å². The van der Waals surface area contributed by atoms with Crippen LogP contribution in [0, 0.1) is 0 Å². The molecule has 2 rings (SSSR count). The molecule has 0 spiro atoms. The van der Waals surface area contributed by atoms with Crippen LogP contribution in [0.2, 0.25) is 0 Å². The number of halogens is 1. The first-order valence-electron chi connectivity index (χ1n) is 4.69. The maximum absolute atomic E-state index is 3.56. The normalized spacial score (nSPS) is 11.0. The zero-order valence-electron chi connectivity index (χ0n) is 8.01. The molecule has 0 fully saturated rings. The molecule has 0 amide bonds. The van der Waals surface area contributed by atoms with Crippen LogP contribution in [0.5, 0.6) is 0 Å². The highest BCUT2D eigenvalue weighted by molar-refractivity contribution is 9.10. The Morgan fingerprint density at radius 2 is 2.29 bits per heavy atom. The highest BCUT2D eigenvalue weighted by Gasteiger charge is 2.03. The highest BCUT2D eigenvalue weighted by Crippen LogP contribution is 2.31. The third-order valence-corrected chi connectivity index (χ3v) is 3.90. The summed E-state index contributed by atoms with van der Waals surface area (Å²) in [5.41, 5.74) is 0. The third-order valence-electron chi connectivity index (χ3n) is 2.11. The fourth-order valence-corrected chi connectivity index (χ4v) is 3.08. The first kappa shape index (κ1) is 10.1. The first-order chi connectivity index (χ1) is 6.81. The molecule has 0 atom stereocenters. The number of fused-ring (bicyclic) bond motifs is 1. The van der Waals surface area contributed by atoms with E-state index in [0.717, 1.165) is 13.1 Å². The van der Waals surface area contributed by atoms with Crippen LogP contribution in [0.3, 0.4) is 0 Å². The van der Waals surface area contributed by atoms with Crippen LogP contribution >= 0.6 is 27.3 Å². The molecule has 0 aliphatic rings. The zero-order chi connectivity index (χ0) is 9.97. The van der Waals surface area contributed by atoms with Crippen molar-refractivity contribution in [1.29, 1.82) is 0 Å². The van der Waals surface area contributed by atoms with Crippen LogP contribution in [-0.2, 0) is 6.54 Å². The van der Waals surface area contributed by atoms with E-state index in [9.17, 15) is 0 Å². The molecule has 14 heavy (non-hydrogen) atoms. The summed E-state index contributed by atoms with van der Waals surface area (Å²) in [7, 11) is 0. The Bertz CT molecular complexity index is 436. The zero-order valence-corrected chi connectivity index (χ0v) is 10.4. The van der Waals surface area contributed by atoms with E-state index in [1.807, 2.05) is 11.3 Å². The van der Waals surface area contributed by atoms with Gasteiger partial charge in [0.2, 0.25) is 0 Å². The lowest BCUT2D eigenvalue weighted by Crippen LogP contribution is -2.10. The first-order valence-corrected chi connectivity index (χ1v) is 6.30. The Hall–Kier alpha value is -0.380. The van der Waals surface area contributed by atoms with Crippen molar-refractivity contribution in [2.75, 3.05) is 6.54 Å². The molecule has 2 aromatic rings. The summed E-state index contributed by atoms with van der Waals surface area (Å²) in [6.45, 7) is 4.13. The van der Waals surface area contributed by atoms with Crippen LogP contribution in [0.4, 0.5) is 0 Å². The molecule has 0 bridgehead atoms. The molecule has 1 aromatic carbocycles. The topological polar surface area (TPSA) is 12.0 Å². The van der Waals surface area contributed by atoms with E-state index in [1.54, 1.807) is 0 Å². The molecule has 3 heteroatoms. The van der Waals surface area contributed by atoms with E-state index in [4.69, 9.17) is 0 Å². The molecule has 1 N–H and O–H groups in total. The fraction of sp³-hybridized carbons (Fsp3) is 0.273. The van der Waals surface area contributed by atoms with Crippen LogP contribution < -0.4 is 5.32 Å². The Balaban J connectivity index is 2.36. The third kappa shape index (κ3) is 2.00. The lowest BCUT2D eigenvalue weighted by molar-refractivity contribution is 0.736. The minimum Gasteiger partial charge on any atom is -0.312 e. The number of hydrogen-bond acceptors (Lipinski definition) is 2. The molecular formula is C11H12BrNS. The molecule has 1 nitrogen and oxygen atoms in total. The highest BCUT2D eigenvalue weighted by atomic mass is 79.9. The van der Waals surface area contributed by atoms with Gasteiger partial charge in [-0.2, -0.15) is 0 Å². The summed E-state index contributed by atoms with van der Waals surface area (Å²) in [6, 6.07) is 8.60. The van der Waals surface area contributed by atoms with Gasteiger partial charge in [0.15, 0.2) is 0 Å². The number of hydrogen-bond donors (Lipinski definition) is 1. The average molecular weight is 270 g/mol.